The highest BCUT2D eigenvalue weighted by Gasteiger charge is 2.25. The summed E-state index contributed by atoms with van der Waals surface area (Å²) in [5, 5.41) is 39.7. The summed E-state index contributed by atoms with van der Waals surface area (Å²) in [5.41, 5.74) is 1.19. The molecule has 6 rings (SSSR count). The first-order valence-electron chi connectivity index (χ1n) is 25.7. The molecule has 0 bridgehead atoms. The molecule has 0 saturated carbocycles. The normalized spacial score (nSPS) is 11.5. The smallest absolute Gasteiger partial charge is 0.232 e. The Kier molecular flexibility index (Phi) is 36.7. The molecular formula is C59H123N17O2. The SMILES string of the molecule is C.C.C.C.C.C.CC(C)c1nc(C(C)(C)C)n[nH]1.CC(C)c1nc(C(C)(C)C)no1.CC(C)c1noc(C(C)(C)C)n1.CC(C)n1cc(C(C)(C)C)nn1.CC(C)n1cnc(C(C)(C)C)n1.CC(C)n1nnc(C(C)(C)C)n1. The predicted octanol–water partition coefficient (Wildman–Crippen LogP) is 16.9. The van der Waals surface area contributed by atoms with Crippen molar-refractivity contribution in [2.75, 3.05) is 0 Å². The van der Waals surface area contributed by atoms with Crippen molar-refractivity contribution in [3.8, 4) is 0 Å². The third kappa shape index (κ3) is 29.1. The van der Waals surface area contributed by atoms with E-state index in [9.17, 15) is 0 Å². The van der Waals surface area contributed by atoms with Gasteiger partial charge in [0.15, 0.2) is 29.1 Å². The largest absolute Gasteiger partial charge is 0.339 e. The molecule has 6 heterocycles. The fraction of sp³-hybridized carbons (Fsp3) is 0.814. The second kappa shape index (κ2) is 34.0. The van der Waals surface area contributed by atoms with Gasteiger partial charge in [-0.25, -0.2) is 14.6 Å². The zero-order chi connectivity index (χ0) is 56.1. The van der Waals surface area contributed by atoms with Crippen molar-refractivity contribution in [2.24, 2.45) is 0 Å². The molecule has 0 radical (unpaired) electrons. The Balaban J connectivity index is -0.000000196. The van der Waals surface area contributed by atoms with Crippen LogP contribution in [0.2, 0.25) is 0 Å². The lowest BCUT2D eigenvalue weighted by atomic mass is 9.93. The van der Waals surface area contributed by atoms with Crippen LogP contribution in [-0.2, 0) is 32.5 Å². The Morgan fingerprint density at radius 2 is 0.923 bits per heavy atom. The molecule has 0 saturated heterocycles. The highest BCUT2D eigenvalue weighted by atomic mass is 16.5. The number of aromatic amines is 1. The van der Waals surface area contributed by atoms with Crippen molar-refractivity contribution in [3.05, 3.63) is 64.9 Å². The molecule has 6 aromatic heterocycles. The Labute approximate surface area is 478 Å². The molecule has 0 aliphatic heterocycles. The van der Waals surface area contributed by atoms with E-state index in [0.29, 0.717) is 35.7 Å². The molecule has 0 fully saturated rings. The first-order valence-corrected chi connectivity index (χ1v) is 25.7. The van der Waals surface area contributed by atoms with Crippen LogP contribution in [0.3, 0.4) is 0 Å². The topological polar surface area (TPSA) is 224 Å². The molecule has 0 spiro atoms. The van der Waals surface area contributed by atoms with Gasteiger partial charge in [-0.1, -0.05) is 226 Å². The van der Waals surface area contributed by atoms with Gasteiger partial charge >= 0.3 is 0 Å². The maximum absolute atomic E-state index is 5.13. The van der Waals surface area contributed by atoms with Gasteiger partial charge < -0.3 is 9.05 Å². The highest BCUT2D eigenvalue weighted by molar-refractivity contribution is 5.07. The lowest BCUT2D eigenvalue weighted by Crippen LogP contribution is -2.14. The van der Waals surface area contributed by atoms with Crippen LogP contribution in [0.4, 0.5) is 0 Å². The Morgan fingerprint density at radius 3 is 1.15 bits per heavy atom. The molecule has 0 aliphatic rings. The molecule has 0 amide bonds. The molecule has 0 aliphatic carbocycles. The van der Waals surface area contributed by atoms with E-state index in [1.54, 1.807) is 11.1 Å². The van der Waals surface area contributed by atoms with Crippen LogP contribution < -0.4 is 0 Å². The van der Waals surface area contributed by atoms with Crippen molar-refractivity contribution in [1.82, 2.24) is 85.4 Å². The van der Waals surface area contributed by atoms with Crippen LogP contribution in [0.15, 0.2) is 21.6 Å². The van der Waals surface area contributed by atoms with Gasteiger partial charge in [-0.2, -0.15) is 25.0 Å². The molecule has 6 aromatic rings. The predicted molar refractivity (Wildman–Crippen MR) is 329 cm³/mol. The summed E-state index contributed by atoms with van der Waals surface area (Å²) in [6.07, 6.45) is 3.82. The number of rotatable bonds is 6. The molecule has 19 heteroatoms. The zero-order valence-corrected chi connectivity index (χ0v) is 50.6. The summed E-state index contributed by atoms with van der Waals surface area (Å²) < 4.78 is 14.0. The Morgan fingerprint density at radius 1 is 0.436 bits per heavy atom. The molecule has 78 heavy (non-hydrogen) atoms. The van der Waals surface area contributed by atoms with Crippen molar-refractivity contribution >= 4 is 0 Å². The maximum Gasteiger partial charge on any atom is 0.232 e. The van der Waals surface area contributed by atoms with E-state index in [1.165, 1.54) is 0 Å². The van der Waals surface area contributed by atoms with Crippen LogP contribution in [0, 0.1) is 0 Å². The summed E-state index contributed by atoms with van der Waals surface area (Å²) >= 11 is 0. The van der Waals surface area contributed by atoms with Crippen LogP contribution in [0.25, 0.3) is 0 Å². The van der Waals surface area contributed by atoms with Gasteiger partial charge in [0.25, 0.3) is 0 Å². The first-order chi connectivity index (χ1) is 32.5. The van der Waals surface area contributed by atoms with Gasteiger partial charge in [0.2, 0.25) is 11.8 Å². The van der Waals surface area contributed by atoms with Gasteiger partial charge in [0, 0.05) is 68.5 Å². The molecule has 456 valence electrons. The third-order valence-corrected chi connectivity index (χ3v) is 10.0. The summed E-state index contributed by atoms with van der Waals surface area (Å²) in [7, 11) is 0. The summed E-state index contributed by atoms with van der Waals surface area (Å²) in [6, 6.07) is 1.08. The monoisotopic (exact) mass is 1100 g/mol. The second-order valence-electron chi connectivity index (χ2n) is 26.3. The standard InChI is InChI=1S/3C9H17N3.2C9H16N2O.C8H16N4.6CH4/c1-7(2)12-6-10-8(11-12)9(3,4)5;1-7(2)12-6-8(10-11-12)9(3,4)5;1-6(2)7-10-8(12-11-7)9(3,4)5;1-6(2)7-10-8(11-12-7)9(3,4)5;1-6(2)7-10-8(12-11-7)9(3,4)5;1-6(2)12-10-7(9-11-12)8(3,4)5;;;;;;/h2*6-7H,1-5H3;6H,1-5H3,(H,10,11,12);3*6H,1-5H3;6*1H4. The average molecular weight is 1100 g/mol. The third-order valence-electron chi connectivity index (χ3n) is 10.0. The minimum atomic E-state index is -0.0415. The number of hydrogen-bond acceptors (Lipinski definition) is 15. The van der Waals surface area contributed by atoms with Crippen LogP contribution in [-0.4, -0.2) is 85.4 Å². The van der Waals surface area contributed by atoms with E-state index in [4.69, 9.17) is 9.05 Å². The molecule has 19 nitrogen and oxygen atoms in total. The van der Waals surface area contributed by atoms with Crippen LogP contribution in [0.5, 0.6) is 0 Å². The number of aromatic nitrogens is 17. The highest BCUT2D eigenvalue weighted by Crippen LogP contribution is 2.24. The minimum absolute atomic E-state index is 0. The van der Waals surface area contributed by atoms with E-state index < -0.39 is 0 Å². The van der Waals surface area contributed by atoms with Crippen molar-refractivity contribution < 1.29 is 9.05 Å². The van der Waals surface area contributed by atoms with Crippen molar-refractivity contribution in [3.63, 3.8) is 0 Å². The fourth-order valence-corrected chi connectivity index (χ4v) is 4.90. The number of nitrogens with one attached hydrogen (secondary N) is 1. The van der Waals surface area contributed by atoms with Crippen molar-refractivity contribution in [2.45, 2.75) is 321 Å². The number of H-pyrrole nitrogens is 1. The molecule has 1 N–H and O–H groups in total. The molecular weight excluding hydrogens is 979 g/mol. The Hall–Kier alpha value is -5.23. The second-order valence-corrected chi connectivity index (χ2v) is 26.3. The van der Waals surface area contributed by atoms with E-state index in [1.807, 2.05) is 43.3 Å². The van der Waals surface area contributed by atoms with Gasteiger partial charge in [0.05, 0.1) is 11.7 Å². The van der Waals surface area contributed by atoms with Gasteiger partial charge in [-0.15, -0.1) is 15.3 Å². The van der Waals surface area contributed by atoms with E-state index in [-0.39, 0.29) is 83.1 Å². The van der Waals surface area contributed by atoms with Crippen LogP contribution in [0.1, 0.15) is 341 Å². The fourth-order valence-electron chi connectivity index (χ4n) is 4.90. The minimum Gasteiger partial charge on any atom is -0.339 e. The quantitative estimate of drug-likeness (QED) is 0.164. The van der Waals surface area contributed by atoms with E-state index in [0.717, 1.165) is 46.5 Å². The molecule has 0 atom stereocenters. The van der Waals surface area contributed by atoms with E-state index in [2.05, 4.69) is 251 Å². The lowest BCUT2D eigenvalue weighted by Gasteiger charge is -2.13. The summed E-state index contributed by atoms with van der Waals surface area (Å²) in [6.45, 7) is 62.6. The molecule has 0 aromatic carbocycles. The van der Waals surface area contributed by atoms with E-state index >= 15 is 0 Å². The first kappa shape index (κ1) is 84.1. The number of tetrazole rings is 1. The Bertz CT molecular complexity index is 1980. The zero-order valence-electron chi connectivity index (χ0n) is 50.6. The lowest BCUT2D eigenvalue weighted by molar-refractivity contribution is 0.317. The van der Waals surface area contributed by atoms with Crippen molar-refractivity contribution in [1.29, 1.82) is 0 Å². The van der Waals surface area contributed by atoms with Gasteiger partial charge in [0.1, 0.15) is 12.2 Å². The number of nitrogens with zero attached hydrogens (tertiary/aromatic N) is 16. The van der Waals surface area contributed by atoms with Crippen LogP contribution >= 0.6 is 0 Å². The summed E-state index contributed by atoms with van der Waals surface area (Å²) in [4.78, 5) is 18.9. The molecule has 0 unspecified atom stereocenters. The average Bonchev–Trinajstić information content (AvgIpc) is 4.06. The van der Waals surface area contributed by atoms with Gasteiger partial charge in [-0.3, -0.25) is 9.78 Å². The maximum atomic E-state index is 5.13. The van der Waals surface area contributed by atoms with Gasteiger partial charge in [-0.05, 0) is 46.8 Å². The summed E-state index contributed by atoms with van der Waals surface area (Å²) in [5.74, 6) is 7.67. The number of hydrogen-bond donors (Lipinski definition) is 1.